The lowest BCUT2D eigenvalue weighted by Gasteiger charge is -2.29. The third-order valence-electron chi connectivity index (χ3n) is 1.93. The topological polar surface area (TPSA) is 63.7 Å². The smallest absolute Gasteiger partial charge is 0.323 e. The molecule has 1 aliphatic heterocycles. The SMILES string of the molecule is CC(C)(C)OC(=O)CS(=O)(=O)N1CCC1. The molecule has 15 heavy (non-hydrogen) atoms. The molecule has 0 aromatic heterocycles. The van der Waals surface area contributed by atoms with Gasteiger partial charge in [0, 0.05) is 13.1 Å². The molecule has 0 aromatic carbocycles. The third kappa shape index (κ3) is 3.79. The fraction of sp³-hybridized carbons (Fsp3) is 0.889. The second-order valence-corrected chi connectivity index (χ2v) is 6.56. The van der Waals surface area contributed by atoms with E-state index in [2.05, 4.69) is 0 Å². The Bertz CT molecular complexity index is 338. The van der Waals surface area contributed by atoms with Crippen LogP contribution in [0.2, 0.25) is 0 Å². The molecule has 0 unspecified atom stereocenters. The number of hydrogen-bond acceptors (Lipinski definition) is 4. The number of ether oxygens (including phenoxy) is 1. The number of esters is 1. The minimum Gasteiger partial charge on any atom is -0.459 e. The highest BCUT2D eigenvalue weighted by Crippen LogP contribution is 2.14. The summed E-state index contributed by atoms with van der Waals surface area (Å²) >= 11 is 0. The Morgan fingerprint density at radius 3 is 2.20 bits per heavy atom. The predicted octanol–water partition coefficient (Wildman–Crippen LogP) is 0.364. The molecular weight excluding hydrogens is 218 g/mol. The number of nitrogens with zero attached hydrogens (tertiary/aromatic N) is 1. The second-order valence-electron chi connectivity index (χ2n) is 4.60. The lowest BCUT2D eigenvalue weighted by Crippen LogP contribution is -2.45. The van der Waals surface area contributed by atoms with Crippen LogP contribution in [-0.2, 0) is 19.6 Å². The normalized spacial score (nSPS) is 18.3. The highest BCUT2D eigenvalue weighted by Gasteiger charge is 2.31. The van der Waals surface area contributed by atoms with Crippen LogP contribution in [0.1, 0.15) is 27.2 Å². The van der Waals surface area contributed by atoms with Crippen LogP contribution in [-0.4, -0.2) is 43.1 Å². The third-order valence-corrected chi connectivity index (χ3v) is 3.68. The van der Waals surface area contributed by atoms with E-state index < -0.39 is 27.3 Å². The van der Waals surface area contributed by atoms with Crippen LogP contribution >= 0.6 is 0 Å². The first-order valence-corrected chi connectivity index (χ1v) is 6.51. The Balaban J connectivity index is 2.50. The van der Waals surface area contributed by atoms with Crippen LogP contribution in [0.4, 0.5) is 0 Å². The molecule has 0 atom stereocenters. The molecule has 1 aliphatic rings. The van der Waals surface area contributed by atoms with Gasteiger partial charge in [0.15, 0.2) is 5.75 Å². The minimum absolute atomic E-state index is 0.519. The van der Waals surface area contributed by atoms with E-state index in [9.17, 15) is 13.2 Å². The zero-order valence-corrected chi connectivity index (χ0v) is 10.1. The second kappa shape index (κ2) is 4.09. The summed E-state index contributed by atoms with van der Waals surface area (Å²) in [6.07, 6.45) is 0.869. The van der Waals surface area contributed by atoms with Crippen LogP contribution in [0, 0.1) is 0 Å². The van der Waals surface area contributed by atoms with E-state index in [1.165, 1.54) is 4.31 Å². The maximum Gasteiger partial charge on any atom is 0.323 e. The highest BCUT2D eigenvalue weighted by molar-refractivity contribution is 7.89. The Morgan fingerprint density at radius 2 is 1.87 bits per heavy atom. The van der Waals surface area contributed by atoms with Gasteiger partial charge in [-0.05, 0) is 27.2 Å². The maximum atomic E-state index is 11.5. The molecule has 6 heteroatoms. The molecule has 0 N–H and O–H groups in total. The fourth-order valence-electron chi connectivity index (χ4n) is 1.18. The zero-order chi connectivity index (χ0) is 11.7. The van der Waals surface area contributed by atoms with Gasteiger partial charge < -0.3 is 4.74 Å². The molecule has 0 aromatic rings. The first kappa shape index (κ1) is 12.4. The van der Waals surface area contributed by atoms with Crippen LogP contribution in [0.5, 0.6) is 0 Å². The van der Waals surface area contributed by atoms with Crippen molar-refractivity contribution in [3.8, 4) is 0 Å². The average Bonchev–Trinajstić information content (AvgIpc) is 1.71. The molecule has 0 radical (unpaired) electrons. The molecule has 88 valence electrons. The summed E-state index contributed by atoms with van der Waals surface area (Å²) in [5.74, 6) is -1.24. The molecule has 1 fully saturated rings. The van der Waals surface area contributed by atoms with Gasteiger partial charge in [0.1, 0.15) is 5.60 Å². The van der Waals surface area contributed by atoms with Crippen molar-refractivity contribution < 1.29 is 17.9 Å². The Morgan fingerprint density at radius 1 is 1.33 bits per heavy atom. The standard InChI is InChI=1S/C9H17NO4S/c1-9(2,3)14-8(11)7-15(12,13)10-5-4-6-10/h4-7H2,1-3H3. The van der Waals surface area contributed by atoms with E-state index >= 15 is 0 Å². The maximum absolute atomic E-state index is 11.5. The molecule has 0 bridgehead atoms. The molecule has 1 saturated heterocycles. The summed E-state index contributed by atoms with van der Waals surface area (Å²) in [5, 5.41) is 0. The molecule has 0 aliphatic carbocycles. The van der Waals surface area contributed by atoms with Crippen molar-refractivity contribution in [2.24, 2.45) is 0 Å². The van der Waals surface area contributed by atoms with E-state index in [0.29, 0.717) is 13.1 Å². The van der Waals surface area contributed by atoms with Crippen molar-refractivity contribution in [2.75, 3.05) is 18.8 Å². The molecule has 0 amide bonds. The highest BCUT2D eigenvalue weighted by atomic mass is 32.2. The Hall–Kier alpha value is -0.620. The first-order valence-electron chi connectivity index (χ1n) is 4.90. The molecule has 1 heterocycles. The summed E-state index contributed by atoms with van der Waals surface area (Å²) in [6, 6.07) is 0. The van der Waals surface area contributed by atoms with Crippen LogP contribution < -0.4 is 0 Å². The molecular formula is C9H17NO4S. The number of rotatable bonds is 3. The molecule has 1 rings (SSSR count). The lowest BCUT2D eigenvalue weighted by atomic mass is 10.2. The summed E-state index contributed by atoms with van der Waals surface area (Å²) in [5.41, 5.74) is -0.637. The largest absolute Gasteiger partial charge is 0.459 e. The first-order chi connectivity index (χ1) is 6.71. The summed E-state index contributed by atoms with van der Waals surface area (Å²) in [7, 11) is -3.44. The number of carbonyl (C=O) groups is 1. The predicted molar refractivity (Wildman–Crippen MR) is 55.8 cm³/mol. The van der Waals surface area contributed by atoms with Crippen molar-refractivity contribution in [2.45, 2.75) is 32.8 Å². The van der Waals surface area contributed by atoms with Crippen LogP contribution in [0.25, 0.3) is 0 Å². The van der Waals surface area contributed by atoms with Crippen molar-refractivity contribution in [1.82, 2.24) is 4.31 Å². The summed E-state index contributed by atoms with van der Waals surface area (Å²) in [4.78, 5) is 11.3. The van der Waals surface area contributed by atoms with Crippen molar-refractivity contribution >= 4 is 16.0 Å². The van der Waals surface area contributed by atoms with Crippen LogP contribution in [0.3, 0.4) is 0 Å². The molecule has 5 nitrogen and oxygen atoms in total. The number of carbonyl (C=O) groups excluding carboxylic acids is 1. The Labute approximate surface area is 90.4 Å². The van der Waals surface area contributed by atoms with Gasteiger partial charge in [0.05, 0.1) is 0 Å². The molecule has 0 spiro atoms. The van der Waals surface area contributed by atoms with Gasteiger partial charge in [0.25, 0.3) is 0 Å². The van der Waals surface area contributed by atoms with Crippen molar-refractivity contribution in [3.63, 3.8) is 0 Å². The van der Waals surface area contributed by atoms with E-state index in [4.69, 9.17) is 4.74 Å². The van der Waals surface area contributed by atoms with Gasteiger partial charge in [-0.15, -0.1) is 0 Å². The van der Waals surface area contributed by atoms with E-state index in [1.54, 1.807) is 20.8 Å². The number of sulfonamides is 1. The van der Waals surface area contributed by atoms with Crippen molar-refractivity contribution in [1.29, 1.82) is 0 Å². The fourth-order valence-corrected chi connectivity index (χ4v) is 2.53. The quantitative estimate of drug-likeness (QED) is 0.663. The van der Waals surface area contributed by atoms with Gasteiger partial charge in [-0.1, -0.05) is 0 Å². The summed E-state index contributed by atoms with van der Waals surface area (Å²) in [6.45, 7) is 6.17. The number of hydrogen-bond donors (Lipinski definition) is 0. The Kier molecular flexibility index (Phi) is 3.40. The van der Waals surface area contributed by atoms with E-state index in [-0.39, 0.29) is 0 Å². The van der Waals surface area contributed by atoms with Crippen molar-refractivity contribution in [3.05, 3.63) is 0 Å². The summed E-state index contributed by atoms with van der Waals surface area (Å²) < 4.78 is 29.3. The van der Waals surface area contributed by atoms with Gasteiger partial charge in [-0.2, -0.15) is 0 Å². The monoisotopic (exact) mass is 235 g/mol. The average molecular weight is 235 g/mol. The van der Waals surface area contributed by atoms with E-state index in [0.717, 1.165) is 6.42 Å². The zero-order valence-electron chi connectivity index (χ0n) is 9.32. The van der Waals surface area contributed by atoms with Gasteiger partial charge in [-0.3, -0.25) is 4.79 Å². The molecule has 0 saturated carbocycles. The van der Waals surface area contributed by atoms with Gasteiger partial charge in [-0.25, -0.2) is 12.7 Å². The van der Waals surface area contributed by atoms with Crippen LogP contribution in [0.15, 0.2) is 0 Å². The van der Waals surface area contributed by atoms with Gasteiger partial charge in [0.2, 0.25) is 10.0 Å². The van der Waals surface area contributed by atoms with Gasteiger partial charge >= 0.3 is 5.97 Å². The lowest BCUT2D eigenvalue weighted by molar-refractivity contribution is -0.151. The van der Waals surface area contributed by atoms with E-state index in [1.807, 2.05) is 0 Å². The minimum atomic E-state index is -3.44.